The van der Waals surface area contributed by atoms with E-state index in [-0.39, 0.29) is 0 Å². The zero-order valence-electron chi connectivity index (χ0n) is 9.93. The molecule has 1 heterocycles. The van der Waals surface area contributed by atoms with Gasteiger partial charge >= 0.3 is 0 Å². The Labute approximate surface area is 100 Å². The molecular formula is C13H16N4. The highest BCUT2D eigenvalue weighted by Gasteiger charge is 2.36. The quantitative estimate of drug-likeness (QED) is 0.874. The lowest BCUT2D eigenvalue weighted by atomic mass is 10.2. The number of benzene rings is 1. The maximum atomic E-state index is 4.47. The van der Waals surface area contributed by atoms with Crippen molar-refractivity contribution in [3.63, 3.8) is 0 Å². The van der Waals surface area contributed by atoms with Gasteiger partial charge in [-0.25, -0.2) is 4.98 Å². The van der Waals surface area contributed by atoms with Crippen LogP contribution in [0, 0.1) is 5.92 Å². The molecular weight excluding hydrogens is 212 g/mol. The molecule has 1 saturated carbocycles. The minimum Gasteiger partial charge on any atom is -0.350 e. The highest BCUT2D eigenvalue weighted by atomic mass is 15.3. The van der Waals surface area contributed by atoms with Crippen molar-refractivity contribution in [2.24, 2.45) is 5.92 Å². The van der Waals surface area contributed by atoms with Crippen LogP contribution < -0.4 is 5.32 Å². The van der Waals surface area contributed by atoms with Crippen molar-refractivity contribution < 1.29 is 0 Å². The van der Waals surface area contributed by atoms with E-state index in [1.807, 2.05) is 24.3 Å². The number of fused-ring (bicyclic) bond motifs is 1. The Kier molecular flexibility index (Phi) is 2.63. The summed E-state index contributed by atoms with van der Waals surface area (Å²) in [6.07, 6.45) is 3.78. The molecule has 0 spiro atoms. The van der Waals surface area contributed by atoms with Crippen molar-refractivity contribution in [1.82, 2.24) is 15.2 Å². The Morgan fingerprint density at radius 2 is 2.06 bits per heavy atom. The number of anilines is 1. The summed E-state index contributed by atoms with van der Waals surface area (Å²) >= 11 is 0. The van der Waals surface area contributed by atoms with Gasteiger partial charge in [0, 0.05) is 6.04 Å². The summed E-state index contributed by atoms with van der Waals surface area (Å²) in [5, 5.41) is 11.6. The fraction of sp³-hybridized carbons (Fsp3) is 0.462. The molecule has 0 aliphatic heterocycles. The number of nitrogens with zero attached hydrogens (tertiary/aromatic N) is 3. The molecule has 1 aromatic heterocycles. The highest BCUT2D eigenvalue weighted by molar-refractivity contribution is 5.74. The van der Waals surface area contributed by atoms with E-state index in [0.29, 0.717) is 12.0 Å². The van der Waals surface area contributed by atoms with Gasteiger partial charge in [0.25, 0.3) is 0 Å². The number of aromatic nitrogens is 3. The van der Waals surface area contributed by atoms with Gasteiger partial charge in [-0.15, -0.1) is 10.2 Å². The number of hydrogen-bond acceptors (Lipinski definition) is 4. The van der Waals surface area contributed by atoms with Crippen molar-refractivity contribution in [3.8, 4) is 0 Å². The van der Waals surface area contributed by atoms with Crippen LogP contribution in [0.25, 0.3) is 11.0 Å². The van der Waals surface area contributed by atoms with Crippen molar-refractivity contribution >= 4 is 17.0 Å². The molecule has 2 atom stereocenters. The largest absolute Gasteiger partial charge is 0.350 e. The van der Waals surface area contributed by atoms with E-state index in [0.717, 1.165) is 17.0 Å². The van der Waals surface area contributed by atoms with Gasteiger partial charge in [-0.05, 0) is 30.9 Å². The maximum absolute atomic E-state index is 4.47. The van der Waals surface area contributed by atoms with Crippen LogP contribution in [-0.4, -0.2) is 21.2 Å². The van der Waals surface area contributed by atoms with E-state index in [1.165, 1.54) is 19.3 Å². The van der Waals surface area contributed by atoms with E-state index in [9.17, 15) is 0 Å². The van der Waals surface area contributed by atoms with Crippen molar-refractivity contribution in [3.05, 3.63) is 24.3 Å². The summed E-state index contributed by atoms with van der Waals surface area (Å²) in [6.45, 7) is 2.23. The van der Waals surface area contributed by atoms with E-state index in [1.54, 1.807) is 0 Å². The number of nitrogens with one attached hydrogen (secondary N) is 1. The molecule has 1 fully saturated rings. The Balaban J connectivity index is 1.74. The minimum atomic E-state index is 0.554. The molecule has 1 aromatic carbocycles. The van der Waals surface area contributed by atoms with Gasteiger partial charge in [0.05, 0.1) is 5.52 Å². The first-order valence-electron chi connectivity index (χ1n) is 6.23. The SMILES string of the molecule is CCCC1CC1Nc1nnc2ccccc2n1. The molecule has 0 radical (unpaired) electrons. The highest BCUT2D eigenvalue weighted by Crippen LogP contribution is 2.36. The van der Waals surface area contributed by atoms with Crippen LogP contribution in [0.4, 0.5) is 5.95 Å². The fourth-order valence-electron chi connectivity index (χ4n) is 2.22. The zero-order chi connectivity index (χ0) is 11.7. The molecule has 1 aliphatic carbocycles. The molecule has 17 heavy (non-hydrogen) atoms. The lowest BCUT2D eigenvalue weighted by Crippen LogP contribution is -2.09. The molecule has 3 rings (SSSR count). The van der Waals surface area contributed by atoms with E-state index in [2.05, 4.69) is 27.4 Å². The Morgan fingerprint density at radius 1 is 1.24 bits per heavy atom. The predicted octanol–water partition coefficient (Wildman–Crippen LogP) is 2.63. The third-order valence-corrected chi connectivity index (χ3v) is 3.26. The lowest BCUT2D eigenvalue weighted by Gasteiger charge is -2.03. The van der Waals surface area contributed by atoms with Gasteiger partial charge in [0.1, 0.15) is 5.52 Å². The Hall–Kier alpha value is -1.71. The maximum Gasteiger partial charge on any atom is 0.243 e. The molecule has 2 unspecified atom stereocenters. The molecule has 2 aromatic rings. The summed E-state index contributed by atoms with van der Waals surface area (Å²) in [5.74, 6) is 1.46. The van der Waals surface area contributed by atoms with Crippen LogP contribution in [0.15, 0.2) is 24.3 Å². The minimum absolute atomic E-state index is 0.554. The van der Waals surface area contributed by atoms with Crippen molar-refractivity contribution in [2.75, 3.05) is 5.32 Å². The second-order valence-electron chi connectivity index (χ2n) is 4.66. The average molecular weight is 228 g/mol. The average Bonchev–Trinajstić information content (AvgIpc) is 3.08. The zero-order valence-corrected chi connectivity index (χ0v) is 9.93. The van der Waals surface area contributed by atoms with E-state index < -0.39 is 0 Å². The molecule has 88 valence electrons. The number of hydrogen-bond donors (Lipinski definition) is 1. The van der Waals surface area contributed by atoms with Crippen molar-refractivity contribution in [1.29, 1.82) is 0 Å². The summed E-state index contributed by atoms with van der Waals surface area (Å²) in [5.41, 5.74) is 1.75. The standard InChI is InChI=1S/C13H16N4/c1-2-5-9-8-12(9)15-13-14-10-6-3-4-7-11(10)16-17-13/h3-4,6-7,9,12H,2,5,8H2,1H3,(H,14,15,17). The third kappa shape index (κ3) is 2.20. The lowest BCUT2D eigenvalue weighted by molar-refractivity contribution is 0.691. The number of rotatable bonds is 4. The van der Waals surface area contributed by atoms with Crippen LogP contribution in [0.5, 0.6) is 0 Å². The molecule has 4 heteroatoms. The Bertz CT molecular complexity index is 526. The van der Waals surface area contributed by atoms with Crippen molar-refractivity contribution in [2.45, 2.75) is 32.2 Å². The fourth-order valence-corrected chi connectivity index (χ4v) is 2.22. The van der Waals surface area contributed by atoms with Gasteiger partial charge in [-0.1, -0.05) is 25.5 Å². The van der Waals surface area contributed by atoms with Gasteiger partial charge < -0.3 is 5.32 Å². The molecule has 4 nitrogen and oxygen atoms in total. The van der Waals surface area contributed by atoms with Crippen LogP contribution >= 0.6 is 0 Å². The van der Waals surface area contributed by atoms with Gasteiger partial charge in [0.15, 0.2) is 0 Å². The first kappa shape index (κ1) is 10.4. The second kappa shape index (κ2) is 4.28. The molecule has 1 aliphatic rings. The summed E-state index contributed by atoms with van der Waals surface area (Å²) < 4.78 is 0. The smallest absolute Gasteiger partial charge is 0.243 e. The van der Waals surface area contributed by atoms with Gasteiger partial charge in [-0.2, -0.15) is 0 Å². The molecule has 1 N–H and O–H groups in total. The molecule has 0 bridgehead atoms. The monoisotopic (exact) mass is 228 g/mol. The summed E-state index contributed by atoms with van der Waals surface area (Å²) in [7, 11) is 0. The molecule has 0 saturated heterocycles. The van der Waals surface area contributed by atoms with Gasteiger partial charge in [0.2, 0.25) is 5.95 Å². The topological polar surface area (TPSA) is 50.7 Å². The summed E-state index contributed by atoms with van der Waals surface area (Å²) in [6, 6.07) is 8.36. The second-order valence-corrected chi connectivity index (χ2v) is 4.66. The van der Waals surface area contributed by atoms with E-state index >= 15 is 0 Å². The van der Waals surface area contributed by atoms with E-state index in [4.69, 9.17) is 0 Å². The first-order chi connectivity index (χ1) is 8.36. The molecule has 0 amide bonds. The Morgan fingerprint density at radius 3 is 2.88 bits per heavy atom. The normalized spacial score (nSPS) is 22.6. The van der Waals surface area contributed by atoms with Crippen LogP contribution in [0.2, 0.25) is 0 Å². The predicted molar refractivity (Wildman–Crippen MR) is 67.8 cm³/mol. The third-order valence-electron chi connectivity index (χ3n) is 3.26. The van der Waals surface area contributed by atoms with Gasteiger partial charge in [-0.3, -0.25) is 0 Å². The van der Waals surface area contributed by atoms with Crippen LogP contribution in [-0.2, 0) is 0 Å². The first-order valence-corrected chi connectivity index (χ1v) is 6.23. The van der Waals surface area contributed by atoms with Crippen LogP contribution in [0.1, 0.15) is 26.2 Å². The summed E-state index contributed by atoms with van der Waals surface area (Å²) in [4.78, 5) is 4.47. The van der Waals surface area contributed by atoms with Crippen LogP contribution in [0.3, 0.4) is 0 Å². The number of para-hydroxylation sites is 1.